The Morgan fingerprint density at radius 1 is 0.345 bits per heavy atom. The first-order chi connectivity index (χ1) is 27.0. The van der Waals surface area contributed by atoms with Crippen LogP contribution in [-0.4, -0.2) is 15.8 Å². The maximum atomic E-state index is 2.70. The maximum Gasteiger partial charge on any atom is 0.252 e. The summed E-state index contributed by atoms with van der Waals surface area (Å²) in [6.45, 7) is 9.11. The molecule has 0 saturated heterocycles. The quantitative estimate of drug-likeness (QED) is 0.0849. The number of benzene rings is 10. The molecule has 14 rings (SSSR count). The number of nitrogens with zero attached hydrogens (tertiary/aromatic N) is 2. The van der Waals surface area contributed by atoms with Crippen LogP contribution in [0.4, 0.5) is 0 Å². The van der Waals surface area contributed by atoms with Gasteiger partial charge < -0.3 is 9.13 Å². The van der Waals surface area contributed by atoms with Gasteiger partial charge in [-0.1, -0.05) is 113 Å². The van der Waals surface area contributed by atoms with Crippen molar-refractivity contribution in [3.8, 4) is 11.4 Å². The van der Waals surface area contributed by atoms with E-state index in [-0.39, 0.29) is 6.71 Å². The average Bonchev–Trinajstić information content (AvgIpc) is 3.69. The van der Waals surface area contributed by atoms with E-state index in [1.807, 2.05) is 0 Å². The molecule has 0 fully saturated rings. The normalized spacial score (nSPS) is 13.4. The fourth-order valence-electron chi connectivity index (χ4n) is 11.7. The highest BCUT2D eigenvalue weighted by molar-refractivity contribution is 7.01. The second-order valence-electron chi connectivity index (χ2n) is 16.7. The lowest BCUT2D eigenvalue weighted by molar-refractivity contribution is 1.17. The van der Waals surface area contributed by atoms with Crippen molar-refractivity contribution in [2.45, 2.75) is 27.7 Å². The van der Waals surface area contributed by atoms with Crippen molar-refractivity contribution in [2.75, 3.05) is 0 Å². The summed E-state index contributed by atoms with van der Waals surface area (Å²) in [5.41, 5.74) is 17.4. The smallest absolute Gasteiger partial charge is 0.252 e. The van der Waals surface area contributed by atoms with Crippen LogP contribution in [0.3, 0.4) is 0 Å². The molecule has 0 N–H and O–H groups in total. The van der Waals surface area contributed by atoms with Crippen LogP contribution in [0, 0.1) is 27.7 Å². The van der Waals surface area contributed by atoms with Gasteiger partial charge in [0.05, 0.1) is 22.4 Å². The molecule has 254 valence electrons. The maximum absolute atomic E-state index is 2.70. The van der Waals surface area contributed by atoms with Crippen molar-refractivity contribution < 1.29 is 0 Å². The van der Waals surface area contributed by atoms with Gasteiger partial charge in [0, 0.05) is 48.7 Å². The van der Waals surface area contributed by atoms with Crippen LogP contribution in [0.15, 0.2) is 127 Å². The van der Waals surface area contributed by atoms with Crippen molar-refractivity contribution in [1.29, 1.82) is 0 Å². The summed E-state index contributed by atoms with van der Waals surface area (Å²) in [5.74, 6) is 0. The third kappa shape index (κ3) is 3.18. The number of rotatable bonds is 0. The lowest BCUT2D eigenvalue weighted by Crippen LogP contribution is -2.59. The molecule has 12 aromatic rings. The Labute approximate surface area is 317 Å². The van der Waals surface area contributed by atoms with Gasteiger partial charge in [-0.05, 0) is 118 Å². The van der Waals surface area contributed by atoms with E-state index in [1.165, 1.54) is 147 Å². The van der Waals surface area contributed by atoms with Crippen molar-refractivity contribution >= 4 is 121 Å². The summed E-state index contributed by atoms with van der Waals surface area (Å²) >= 11 is 0. The molecule has 2 aromatic heterocycles. The molecule has 4 heterocycles. The fourth-order valence-corrected chi connectivity index (χ4v) is 11.7. The Morgan fingerprint density at radius 3 is 1.25 bits per heavy atom. The molecule has 10 aromatic carbocycles. The van der Waals surface area contributed by atoms with Gasteiger partial charge in [-0.2, -0.15) is 0 Å². The molecule has 3 heteroatoms. The van der Waals surface area contributed by atoms with Gasteiger partial charge in [0.2, 0.25) is 0 Å². The highest BCUT2D eigenvalue weighted by Gasteiger charge is 2.43. The number of hydrogen-bond acceptors (Lipinski definition) is 0. The molecule has 0 unspecified atom stereocenters. The Balaban J connectivity index is 1.41. The van der Waals surface area contributed by atoms with Gasteiger partial charge in [0.25, 0.3) is 6.71 Å². The summed E-state index contributed by atoms with van der Waals surface area (Å²) in [7, 11) is 0. The fraction of sp³-hybridized carbons (Fsp3) is 0.0769. The summed E-state index contributed by atoms with van der Waals surface area (Å²) < 4.78 is 5.39. The van der Waals surface area contributed by atoms with Crippen molar-refractivity contribution in [2.24, 2.45) is 0 Å². The molecular weight excluding hydrogens is 663 g/mol. The largest absolute Gasteiger partial charge is 0.310 e. The number of aryl methyl sites for hydroxylation is 4. The van der Waals surface area contributed by atoms with Crippen molar-refractivity contribution in [1.82, 2.24) is 9.13 Å². The first-order valence-electron chi connectivity index (χ1n) is 19.6. The second kappa shape index (κ2) is 9.37. The minimum Gasteiger partial charge on any atom is -0.310 e. The monoisotopic (exact) mass is 696 g/mol. The van der Waals surface area contributed by atoms with E-state index < -0.39 is 0 Å². The van der Waals surface area contributed by atoms with E-state index in [0.29, 0.717) is 0 Å². The third-order valence-corrected chi connectivity index (χ3v) is 13.5. The zero-order valence-electron chi connectivity index (χ0n) is 31.1. The number of hydrogen-bond donors (Lipinski definition) is 0. The molecule has 55 heavy (non-hydrogen) atoms. The van der Waals surface area contributed by atoms with Crippen molar-refractivity contribution in [3.05, 3.63) is 150 Å². The molecule has 0 radical (unpaired) electrons. The van der Waals surface area contributed by atoms with E-state index >= 15 is 0 Å². The Morgan fingerprint density at radius 2 is 0.764 bits per heavy atom. The lowest BCUT2D eigenvalue weighted by Gasteiger charge is -2.37. The highest BCUT2D eigenvalue weighted by atomic mass is 15.0. The van der Waals surface area contributed by atoms with Crippen LogP contribution in [0.5, 0.6) is 0 Å². The van der Waals surface area contributed by atoms with Crippen LogP contribution < -0.4 is 16.4 Å². The molecule has 0 saturated carbocycles. The third-order valence-electron chi connectivity index (χ3n) is 13.5. The van der Waals surface area contributed by atoms with Crippen LogP contribution in [0.2, 0.25) is 0 Å². The minimum atomic E-state index is 0.0602. The molecule has 0 amide bonds. The summed E-state index contributed by atoms with van der Waals surface area (Å²) in [6, 6.07) is 49.6. The van der Waals surface area contributed by atoms with Crippen LogP contribution >= 0.6 is 0 Å². The van der Waals surface area contributed by atoms with Gasteiger partial charge in [-0.15, -0.1) is 0 Å². The van der Waals surface area contributed by atoms with Gasteiger partial charge in [-0.3, -0.25) is 0 Å². The molecule has 0 bridgehead atoms. The predicted octanol–water partition coefficient (Wildman–Crippen LogP) is 11.5. The molecular formula is C52H33BN2. The van der Waals surface area contributed by atoms with Gasteiger partial charge in [0.15, 0.2) is 0 Å². The van der Waals surface area contributed by atoms with Gasteiger partial charge in [0.1, 0.15) is 0 Å². The van der Waals surface area contributed by atoms with Crippen LogP contribution in [0.1, 0.15) is 22.3 Å². The predicted molar refractivity (Wildman–Crippen MR) is 237 cm³/mol. The zero-order chi connectivity index (χ0) is 36.2. The molecule has 0 aliphatic carbocycles. The molecule has 0 spiro atoms. The van der Waals surface area contributed by atoms with Crippen molar-refractivity contribution in [3.63, 3.8) is 0 Å². The molecule has 2 nitrogen and oxygen atoms in total. The van der Waals surface area contributed by atoms with E-state index in [4.69, 9.17) is 0 Å². The topological polar surface area (TPSA) is 9.86 Å². The van der Waals surface area contributed by atoms with E-state index in [1.54, 1.807) is 0 Å². The van der Waals surface area contributed by atoms with Crippen LogP contribution in [-0.2, 0) is 0 Å². The molecule has 2 aliphatic rings. The summed E-state index contributed by atoms with van der Waals surface area (Å²) in [6.07, 6.45) is 0. The molecule has 2 aliphatic heterocycles. The first-order valence-corrected chi connectivity index (χ1v) is 19.6. The van der Waals surface area contributed by atoms with Gasteiger partial charge in [-0.25, -0.2) is 0 Å². The number of aromatic nitrogens is 2. The highest BCUT2D eigenvalue weighted by Crippen LogP contribution is 2.51. The van der Waals surface area contributed by atoms with Crippen LogP contribution in [0.25, 0.3) is 109 Å². The van der Waals surface area contributed by atoms with E-state index in [0.717, 1.165) is 0 Å². The Kier molecular flexibility index (Phi) is 4.92. The minimum absolute atomic E-state index is 0.0602. The summed E-state index contributed by atoms with van der Waals surface area (Å²) in [4.78, 5) is 0. The van der Waals surface area contributed by atoms with E-state index in [9.17, 15) is 0 Å². The first kappa shape index (κ1) is 28.9. The zero-order valence-corrected chi connectivity index (χ0v) is 31.1. The Hall–Kier alpha value is -6.58. The average molecular weight is 697 g/mol. The van der Waals surface area contributed by atoms with Gasteiger partial charge >= 0.3 is 0 Å². The standard InChI is InChI=1S/C52H33BN2/c1-26-16-18-42-36(20-26)38-22-28(3)24-40-49(38)54(42)51-45-34-12-7-5-10-30(34)32-14-9-15-33-31-11-6-8-13-35(31)46(47(45)44(32)33)52-48(51)53(40)41-25-29(4)23-39-37-21-27(2)17-19-43(37)55(52)50(39)41/h5-25H,1-4H3. The van der Waals surface area contributed by atoms with E-state index in [2.05, 4.69) is 164 Å². The summed E-state index contributed by atoms with van der Waals surface area (Å²) in [5, 5.41) is 18.8. The molecule has 0 atom stereocenters. The second-order valence-corrected chi connectivity index (χ2v) is 16.7. The lowest BCUT2D eigenvalue weighted by atomic mass is 9.33. The SMILES string of the molecule is Cc1ccc2c(c1)c1cc(C)cc3c1n2-c1c2c(c4c5ccccc5c5cccc6c7ccccc7c1c4c65)-n1c4ccc(C)cc4c4cc(C)cc(c41)B23. The number of fused-ring (bicyclic) bond motifs is 18. The Bertz CT molecular complexity index is 3580.